The van der Waals surface area contributed by atoms with Crippen molar-refractivity contribution < 1.29 is 23.5 Å². The number of rotatable bonds is 10. The molecule has 1 saturated heterocycles. The molecular formula is C28H31N5O5. The molecule has 0 saturated carbocycles. The van der Waals surface area contributed by atoms with Gasteiger partial charge in [0.2, 0.25) is 5.91 Å². The van der Waals surface area contributed by atoms with Gasteiger partial charge < -0.3 is 30.8 Å². The zero-order valence-electron chi connectivity index (χ0n) is 21.0. The number of nitrogen functional groups attached to an aromatic ring is 1. The summed E-state index contributed by atoms with van der Waals surface area (Å²) in [5, 5.41) is 16.3. The Hall–Kier alpha value is -4.44. The molecule has 198 valence electrons. The van der Waals surface area contributed by atoms with Crippen molar-refractivity contribution in [3.63, 3.8) is 0 Å². The van der Waals surface area contributed by atoms with Gasteiger partial charge in [0.25, 0.3) is 0 Å². The third kappa shape index (κ3) is 6.09. The predicted molar refractivity (Wildman–Crippen MR) is 141 cm³/mol. The second-order valence-electron chi connectivity index (χ2n) is 9.02. The molecule has 3 aromatic rings. The molecule has 1 aliphatic rings. The lowest BCUT2D eigenvalue weighted by molar-refractivity contribution is -0.130. The van der Waals surface area contributed by atoms with Crippen molar-refractivity contribution in [1.29, 1.82) is 5.41 Å². The number of nitrogens with one attached hydrogen (secondary N) is 4. The van der Waals surface area contributed by atoms with Crippen LogP contribution in [0.1, 0.15) is 47.4 Å². The first-order chi connectivity index (χ1) is 18.4. The molecular weight excluding hydrogens is 486 g/mol. The maximum Gasteiger partial charge on any atom is 0.407 e. The molecule has 4 rings (SSSR count). The first kappa shape index (κ1) is 26.6. The van der Waals surface area contributed by atoms with Gasteiger partial charge >= 0.3 is 6.09 Å². The largest absolute Gasteiger partial charge is 0.455 e. The van der Waals surface area contributed by atoms with E-state index in [2.05, 4.69) is 16.0 Å². The molecule has 0 spiro atoms. The number of hydrogen-bond donors (Lipinski definition) is 5. The van der Waals surface area contributed by atoms with Gasteiger partial charge in [-0.25, -0.2) is 4.79 Å². The molecule has 0 bridgehead atoms. The van der Waals surface area contributed by atoms with Crippen LogP contribution in [0.5, 0.6) is 0 Å². The number of carbonyl (C=O) groups is 3. The molecule has 38 heavy (non-hydrogen) atoms. The zero-order valence-corrected chi connectivity index (χ0v) is 21.0. The molecule has 3 atom stereocenters. The summed E-state index contributed by atoms with van der Waals surface area (Å²) in [6.07, 6.45) is 0.649. The van der Waals surface area contributed by atoms with Gasteiger partial charge in [0, 0.05) is 5.92 Å². The Labute approximate surface area is 220 Å². The van der Waals surface area contributed by atoms with Crippen LogP contribution >= 0.6 is 0 Å². The standard InChI is InChI=1S/C28H31N5O5/c1-37-28(36)33-24(22(17-9-4-2-5-10-17)18-11-6-3-7-12-18)27(35)32-23(25(34)19-13-8-16-31-19)20-14-15-21(38-20)26(29)30/h2-7,9-12,14-15,19,22-24,31H,8,13,16H2,1H3,(H3,29,30)(H,32,35)(H,33,36)/t19-,23?,24+/m0/s1. The Balaban J connectivity index is 1.73. The fourth-order valence-corrected chi connectivity index (χ4v) is 4.68. The van der Waals surface area contributed by atoms with Crippen LogP contribution in [-0.2, 0) is 14.3 Å². The number of amides is 2. The lowest BCUT2D eigenvalue weighted by Crippen LogP contribution is -2.53. The Morgan fingerprint density at radius 2 is 1.63 bits per heavy atom. The van der Waals surface area contributed by atoms with Crippen molar-refractivity contribution in [3.05, 3.63) is 95.4 Å². The van der Waals surface area contributed by atoms with E-state index in [-0.39, 0.29) is 23.1 Å². The van der Waals surface area contributed by atoms with E-state index in [0.29, 0.717) is 13.0 Å². The first-order valence-electron chi connectivity index (χ1n) is 12.3. The van der Waals surface area contributed by atoms with Gasteiger partial charge in [-0.1, -0.05) is 60.7 Å². The highest BCUT2D eigenvalue weighted by Gasteiger charge is 2.38. The van der Waals surface area contributed by atoms with Crippen molar-refractivity contribution in [2.45, 2.75) is 36.9 Å². The third-order valence-corrected chi connectivity index (χ3v) is 6.54. The molecule has 1 aromatic heterocycles. The van der Waals surface area contributed by atoms with Gasteiger partial charge in [-0.05, 0) is 42.6 Å². The van der Waals surface area contributed by atoms with E-state index in [1.807, 2.05) is 60.7 Å². The Kier molecular flexibility index (Phi) is 8.55. The fraction of sp³-hybridized carbons (Fsp3) is 0.286. The molecule has 10 heteroatoms. The summed E-state index contributed by atoms with van der Waals surface area (Å²) in [5.74, 6) is -1.55. The third-order valence-electron chi connectivity index (χ3n) is 6.54. The number of nitrogens with two attached hydrogens (primary N) is 1. The van der Waals surface area contributed by atoms with Gasteiger partial charge in [-0.3, -0.25) is 15.0 Å². The average molecular weight is 518 g/mol. The minimum atomic E-state index is -1.17. The van der Waals surface area contributed by atoms with E-state index in [1.54, 1.807) is 0 Å². The summed E-state index contributed by atoms with van der Waals surface area (Å²) in [6, 6.07) is 18.8. The van der Waals surface area contributed by atoms with Gasteiger partial charge in [-0.2, -0.15) is 0 Å². The van der Waals surface area contributed by atoms with Gasteiger partial charge in [0.05, 0.1) is 13.2 Å². The summed E-state index contributed by atoms with van der Waals surface area (Å²) in [6.45, 7) is 0.685. The Morgan fingerprint density at radius 3 is 2.13 bits per heavy atom. The van der Waals surface area contributed by atoms with Crippen LogP contribution < -0.4 is 21.7 Å². The van der Waals surface area contributed by atoms with Crippen molar-refractivity contribution in [2.24, 2.45) is 5.73 Å². The molecule has 6 N–H and O–H groups in total. The quantitative estimate of drug-likeness (QED) is 0.204. The topological polar surface area (TPSA) is 160 Å². The number of hydrogen-bond acceptors (Lipinski definition) is 7. The van der Waals surface area contributed by atoms with E-state index >= 15 is 0 Å². The van der Waals surface area contributed by atoms with Crippen LogP contribution in [0.15, 0.2) is 77.2 Å². The fourth-order valence-electron chi connectivity index (χ4n) is 4.68. The Bertz CT molecular complexity index is 1230. The number of amidine groups is 1. The zero-order chi connectivity index (χ0) is 27.1. The number of ketones is 1. The highest BCUT2D eigenvalue weighted by molar-refractivity contribution is 5.96. The van der Waals surface area contributed by atoms with Crippen LogP contribution in [0.2, 0.25) is 0 Å². The second-order valence-corrected chi connectivity index (χ2v) is 9.02. The molecule has 10 nitrogen and oxygen atoms in total. The van der Waals surface area contributed by atoms with Crippen LogP contribution in [0.3, 0.4) is 0 Å². The smallest absolute Gasteiger partial charge is 0.407 e. The number of alkyl carbamates (subject to hydrolysis) is 1. The van der Waals surface area contributed by atoms with Gasteiger partial charge in [0.15, 0.2) is 17.4 Å². The van der Waals surface area contributed by atoms with Crippen molar-refractivity contribution in [2.75, 3.05) is 13.7 Å². The molecule has 2 heterocycles. The minimum absolute atomic E-state index is 0.0853. The lowest BCUT2D eigenvalue weighted by atomic mass is 9.84. The van der Waals surface area contributed by atoms with Crippen LogP contribution in [0, 0.1) is 5.41 Å². The molecule has 1 aliphatic heterocycles. The van der Waals surface area contributed by atoms with Crippen LogP contribution in [-0.4, -0.2) is 49.4 Å². The SMILES string of the molecule is COC(=O)N[C@@H](C(=O)NC(C(=O)[C@@H]1CCCN1)c1ccc(C(=N)N)o1)C(c1ccccc1)c1ccccc1. The van der Waals surface area contributed by atoms with Gasteiger partial charge in [0.1, 0.15) is 17.8 Å². The lowest BCUT2D eigenvalue weighted by Gasteiger charge is -2.29. The minimum Gasteiger partial charge on any atom is -0.455 e. The summed E-state index contributed by atoms with van der Waals surface area (Å²) < 4.78 is 10.5. The van der Waals surface area contributed by atoms with Crippen LogP contribution in [0.25, 0.3) is 0 Å². The highest BCUT2D eigenvalue weighted by Crippen LogP contribution is 2.30. The van der Waals surface area contributed by atoms with Crippen molar-refractivity contribution in [3.8, 4) is 0 Å². The normalized spacial score (nSPS) is 16.4. The molecule has 0 radical (unpaired) electrons. The number of furan rings is 1. The van der Waals surface area contributed by atoms with Crippen molar-refractivity contribution in [1.82, 2.24) is 16.0 Å². The maximum absolute atomic E-state index is 14.0. The molecule has 0 aliphatic carbocycles. The monoisotopic (exact) mass is 517 g/mol. The highest BCUT2D eigenvalue weighted by atomic mass is 16.5. The molecule has 1 unspecified atom stereocenters. The number of benzene rings is 2. The second kappa shape index (κ2) is 12.2. The van der Waals surface area contributed by atoms with E-state index in [0.717, 1.165) is 17.5 Å². The van der Waals surface area contributed by atoms with Gasteiger partial charge in [-0.15, -0.1) is 0 Å². The molecule has 2 amide bonds. The summed E-state index contributed by atoms with van der Waals surface area (Å²) in [4.78, 5) is 39.9. The summed E-state index contributed by atoms with van der Waals surface area (Å²) in [5.41, 5.74) is 7.13. The van der Waals surface area contributed by atoms with E-state index in [9.17, 15) is 14.4 Å². The molecule has 2 aromatic carbocycles. The number of Topliss-reactive ketones (excluding diaryl/α,β-unsaturated/α-hetero) is 1. The predicted octanol–water partition coefficient (Wildman–Crippen LogP) is 2.60. The number of carbonyl (C=O) groups excluding carboxylic acids is 3. The number of ether oxygens (including phenoxy) is 1. The average Bonchev–Trinajstić information content (AvgIpc) is 3.65. The Morgan fingerprint density at radius 1 is 1.00 bits per heavy atom. The van der Waals surface area contributed by atoms with E-state index in [4.69, 9.17) is 20.3 Å². The van der Waals surface area contributed by atoms with Crippen molar-refractivity contribution >= 4 is 23.6 Å². The van der Waals surface area contributed by atoms with E-state index in [1.165, 1.54) is 19.2 Å². The number of methoxy groups -OCH3 is 1. The van der Waals surface area contributed by atoms with Crippen LogP contribution in [0.4, 0.5) is 4.79 Å². The maximum atomic E-state index is 14.0. The molecule has 1 fully saturated rings. The summed E-state index contributed by atoms with van der Waals surface area (Å²) in [7, 11) is 1.22. The first-order valence-corrected chi connectivity index (χ1v) is 12.3. The summed E-state index contributed by atoms with van der Waals surface area (Å²) >= 11 is 0. The van der Waals surface area contributed by atoms with E-state index < -0.39 is 36.0 Å².